The van der Waals surface area contributed by atoms with E-state index in [9.17, 15) is 9.59 Å². The van der Waals surface area contributed by atoms with Crippen LogP contribution in [0.5, 0.6) is 0 Å². The van der Waals surface area contributed by atoms with Crippen LogP contribution in [0.1, 0.15) is 55.5 Å². The Morgan fingerprint density at radius 1 is 1.07 bits per heavy atom. The van der Waals surface area contributed by atoms with E-state index in [1.54, 1.807) is 32.1 Å². The molecule has 1 aromatic carbocycles. The van der Waals surface area contributed by atoms with Gasteiger partial charge in [-0.2, -0.15) is 0 Å². The maximum Gasteiger partial charge on any atom is 0.340 e. The van der Waals surface area contributed by atoms with Crippen LogP contribution in [-0.2, 0) is 4.74 Å². The average Bonchev–Trinajstić information content (AvgIpc) is 3.30. The van der Waals surface area contributed by atoms with Gasteiger partial charge in [0, 0.05) is 16.3 Å². The summed E-state index contributed by atoms with van der Waals surface area (Å²) >= 11 is 1.64. The normalized spacial score (nSPS) is 12.0. The van der Waals surface area contributed by atoms with Crippen molar-refractivity contribution in [2.75, 3.05) is 13.2 Å². The molecule has 5 nitrogen and oxygen atoms in total. The second kappa shape index (κ2) is 8.99. The van der Waals surface area contributed by atoms with Crippen molar-refractivity contribution in [2.24, 2.45) is 0 Å². The Bertz CT molecular complexity index is 946. The predicted octanol–water partition coefficient (Wildman–Crippen LogP) is 4.43. The largest absolute Gasteiger partial charge is 0.462 e. The number of hydrogen-bond acceptors (Lipinski definition) is 5. The molecule has 3 rings (SSSR count). The summed E-state index contributed by atoms with van der Waals surface area (Å²) in [5.74, 6) is -0.604. The number of Topliss-reactive ketones (excluding diaryl/α,β-unsaturated/α-hetero) is 1. The Labute approximate surface area is 168 Å². The van der Waals surface area contributed by atoms with E-state index in [4.69, 9.17) is 4.74 Å². The first-order valence-electron chi connectivity index (χ1n) is 9.24. The highest BCUT2D eigenvalue weighted by Gasteiger charge is 2.26. The summed E-state index contributed by atoms with van der Waals surface area (Å²) in [5, 5.41) is 5.39. The first-order chi connectivity index (χ1) is 13.5. The average molecular weight is 397 g/mol. The van der Waals surface area contributed by atoms with Gasteiger partial charge in [-0.15, -0.1) is 11.3 Å². The summed E-state index contributed by atoms with van der Waals surface area (Å²) in [4.78, 5) is 29.6. The third-order valence-corrected chi connectivity index (χ3v) is 5.50. The Morgan fingerprint density at radius 2 is 1.79 bits per heavy atom. The number of nitrogens with one attached hydrogen (secondary N) is 2. The van der Waals surface area contributed by atoms with Gasteiger partial charge in [-0.3, -0.25) is 10.1 Å². The van der Waals surface area contributed by atoms with Crippen molar-refractivity contribution in [3.63, 3.8) is 0 Å². The second-order valence-electron chi connectivity index (χ2n) is 6.51. The lowest BCUT2D eigenvalue weighted by atomic mass is 10.0. The molecule has 0 aliphatic carbocycles. The van der Waals surface area contributed by atoms with E-state index >= 15 is 0 Å². The lowest BCUT2D eigenvalue weighted by Gasteiger charge is -2.18. The molecule has 0 spiro atoms. The molecule has 3 aromatic rings. The van der Waals surface area contributed by atoms with Crippen LogP contribution in [0.2, 0.25) is 0 Å². The number of ether oxygens (including phenoxy) is 1. The molecular formula is C22H24N2O3S. The van der Waals surface area contributed by atoms with Crippen molar-refractivity contribution >= 4 is 23.1 Å². The fraction of sp³-hybridized carbons (Fsp3) is 0.273. The van der Waals surface area contributed by atoms with Gasteiger partial charge in [-0.25, -0.2) is 4.79 Å². The molecule has 0 saturated carbocycles. The Morgan fingerprint density at radius 3 is 2.43 bits per heavy atom. The van der Waals surface area contributed by atoms with Gasteiger partial charge >= 0.3 is 5.97 Å². The van der Waals surface area contributed by atoms with Crippen LogP contribution >= 0.6 is 11.3 Å². The first kappa shape index (κ1) is 20.0. The fourth-order valence-corrected chi connectivity index (χ4v) is 4.18. The summed E-state index contributed by atoms with van der Waals surface area (Å²) in [7, 11) is 0. The minimum Gasteiger partial charge on any atom is -0.462 e. The molecule has 0 aliphatic rings. The lowest BCUT2D eigenvalue weighted by molar-refractivity contribution is 0.0522. The maximum absolute atomic E-state index is 13.0. The number of thiophene rings is 1. The fourth-order valence-electron chi connectivity index (χ4n) is 3.36. The Balaban J connectivity index is 1.84. The number of benzene rings is 1. The van der Waals surface area contributed by atoms with E-state index in [0.29, 0.717) is 22.5 Å². The molecule has 2 N–H and O–H groups in total. The van der Waals surface area contributed by atoms with Gasteiger partial charge in [0.05, 0.1) is 30.3 Å². The van der Waals surface area contributed by atoms with Crippen LogP contribution in [0.25, 0.3) is 0 Å². The molecule has 2 heterocycles. The SMILES string of the molecule is CCOC(=O)c1c(C)[nH]c(C)c1C(=O)CN[C@@H](c1ccccc1)c1cccs1. The molecule has 28 heavy (non-hydrogen) atoms. The highest BCUT2D eigenvalue weighted by Crippen LogP contribution is 2.26. The monoisotopic (exact) mass is 396 g/mol. The van der Waals surface area contributed by atoms with Gasteiger partial charge in [0.2, 0.25) is 0 Å². The van der Waals surface area contributed by atoms with Gasteiger partial charge in [-0.05, 0) is 37.8 Å². The van der Waals surface area contributed by atoms with E-state index in [1.165, 1.54) is 0 Å². The second-order valence-corrected chi connectivity index (χ2v) is 7.49. The van der Waals surface area contributed by atoms with Crippen molar-refractivity contribution in [1.82, 2.24) is 10.3 Å². The van der Waals surface area contributed by atoms with Gasteiger partial charge in [0.25, 0.3) is 0 Å². The van der Waals surface area contributed by atoms with Crippen molar-refractivity contribution in [3.8, 4) is 0 Å². The number of rotatable bonds is 8. The van der Waals surface area contributed by atoms with Crippen molar-refractivity contribution in [3.05, 3.63) is 80.8 Å². The quantitative estimate of drug-likeness (QED) is 0.436. The van der Waals surface area contributed by atoms with E-state index in [0.717, 1.165) is 10.4 Å². The summed E-state index contributed by atoms with van der Waals surface area (Å²) in [6, 6.07) is 14.0. The lowest BCUT2D eigenvalue weighted by Crippen LogP contribution is -2.29. The van der Waals surface area contributed by atoms with Crippen LogP contribution in [0.3, 0.4) is 0 Å². The summed E-state index contributed by atoms with van der Waals surface area (Å²) in [6.45, 7) is 5.71. The molecule has 146 valence electrons. The van der Waals surface area contributed by atoms with Crippen LogP contribution < -0.4 is 5.32 Å². The van der Waals surface area contributed by atoms with E-state index < -0.39 is 5.97 Å². The smallest absolute Gasteiger partial charge is 0.340 e. The van der Waals surface area contributed by atoms with Gasteiger partial charge in [0.15, 0.2) is 5.78 Å². The number of carbonyl (C=O) groups is 2. The van der Waals surface area contributed by atoms with Crippen molar-refractivity contribution < 1.29 is 14.3 Å². The number of ketones is 1. The third-order valence-electron chi connectivity index (χ3n) is 4.56. The molecular weight excluding hydrogens is 372 g/mol. The van der Waals surface area contributed by atoms with Crippen LogP contribution in [0, 0.1) is 13.8 Å². The minimum atomic E-state index is -0.467. The summed E-state index contributed by atoms with van der Waals surface area (Å²) in [5.41, 5.74) is 3.15. The molecule has 0 aliphatic heterocycles. The number of H-pyrrole nitrogens is 1. The van der Waals surface area contributed by atoms with Crippen molar-refractivity contribution in [1.29, 1.82) is 0 Å². The summed E-state index contributed by atoms with van der Waals surface area (Å²) < 4.78 is 5.14. The summed E-state index contributed by atoms with van der Waals surface area (Å²) in [6.07, 6.45) is 0. The zero-order valence-corrected chi connectivity index (χ0v) is 17.1. The van der Waals surface area contributed by atoms with E-state index in [1.807, 2.05) is 41.8 Å². The minimum absolute atomic E-state index is 0.0865. The molecule has 6 heteroatoms. The number of aryl methyl sites for hydroxylation is 2. The Hall–Kier alpha value is -2.70. The van der Waals surface area contributed by atoms with Gasteiger partial charge < -0.3 is 9.72 Å². The standard InChI is InChI=1S/C22H24N2O3S/c1-4-27-22(26)20-15(3)24-14(2)19(20)17(25)13-23-21(18-11-8-12-28-18)16-9-6-5-7-10-16/h5-12,21,23-24H,4,13H2,1-3H3/t21-/m0/s1. The topological polar surface area (TPSA) is 71.2 Å². The molecule has 0 unspecified atom stereocenters. The van der Waals surface area contributed by atoms with Gasteiger partial charge in [0.1, 0.15) is 0 Å². The molecule has 2 aromatic heterocycles. The molecule has 0 amide bonds. The highest BCUT2D eigenvalue weighted by molar-refractivity contribution is 7.10. The van der Waals surface area contributed by atoms with E-state index in [-0.39, 0.29) is 25.0 Å². The number of carbonyl (C=O) groups excluding carboxylic acids is 2. The van der Waals surface area contributed by atoms with Gasteiger partial charge in [-0.1, -0.05) is 36.4 Å². The number of hydrogen-bond donors (Lipinski definition) is 2. The predicted molar refractivity (Wildman–Crippen MR) is 111 cm³/mol. The third kappa shape index (κ3) is 4.24. The van der Waals surface area contributed by atoms with Crippen LogP contribution in [0.4, 0.5) is 0 Å². The number of aromatic amines is 1. The number of esters is 1. The molecule has 0 fully saturated rings. The molecule has 1 atom stereocenters. The zero-order valence-electron chi connectivity index (χ0n) is 16.2. The van der Waals surface area contributed by atoms with E-state index in [2.05, 4.69) is 16.4 Å². The molecule has 0 bridgehead atoms. The van der Waals surface area contributed by atoms with Crippen LogP contribution in [0.15, 0.2) is 47.8 Å². The maximum atomic E-state index is 13.0. The Kier molecular flexibility index (Phi) is 6.44. The highest BCUT2D eigenvalue weighted by atomic mass is 32.1. The van der Waals surface area contributed by atoms with Crippen molar-refractivity contribution in [2.45, 2.75) is 26.8 Å². The zero-order chi connectivity index (χ0) is 20.1. The number of aromatic nitrogens is 1. The first-order valence-corrected chi connectivity index (χ1v) is 10.1. The molecule has 0 saturated heterocycles. The molecule has 0 radical (unpaired) electrons. The van der Waals surface area contributed by atoms with Crippen LogP contribution in [-0.4, -0.2) is 29.9 Å².